The molecule has 82 valence electrons. The van der Waals surface area contributed by atoms with Gasteiger partial charge in [-0.05, 0) is 44.5 Å². The molecule has 0 aliphatic carbocycles. The normalized spacial score (nSPS) is 9.87. The minimum absolute atomic E-state index is 0.564. The van der Waals surface area contributed by atoms with E-state index in [1.165, 1.54) is 5.57 Å². The van der Waals surface area contributed by atoms with Crippen molar-refractivity contribution < 1.29 is 4.74 Å². The highest BCUT2D eigenvalue weighted by Gasteiger charge is 2.05. The maximum atomic E-state index is 5.86. The van der Waals surface area contributed by atoms with Gasteiger partial charge >= 0.3 is 0 Å². The van der Waals surface area contributed by atoms with Crippen molar-refractivity contribution in [3.63, 3.8) is 0 Å². The van der Waals surface area contributed by atoms with Crippen LogP contribution in [-0.2, 0) is 0 Å². The molecule has 0 spiro atoms. The number of rotatable bonds is 3. The largest absolute Gasteiger partial charge is 0.487 e. The zero-order chi connectivity index (χ0) is 11.4. The van der Waals surface area contributed by atoms with E-state index in [1.54, 1.807) is 0 Å². The van der Waals surface area contributed by atoms with Crippen LogP contribution in [0.25, 0.3) is 0 Å². The Morgan fingerprint density at radius 1 is 1.47 bits per heavy atom. The Labute approximate surface area is 99.3 Å². The smallest absolute Gasteiger partial charge is 0.145 e. The Morgan fingerprint density at radius 3 is 2.67 bits per heavy atom. The fourth-order valence-electron chi connectivity index (χ4n) is 1.24. The van der Waals surface area contributed by atoms with Crippen LogP contribution < -0.4 is 10.5 Å². The van der Waals surface area contributed by atoms with E-state index < -0.39 is 0 Å². The van der Waals surface area contributed by atoms with Crippen molar-refractivity contribution in [2.45, 2.75) is 20.8 Å². The molecule has 15 heavy (non-hydrogen) atoms. The lowest BCUT2D eigenvalue weighted by molar-refractivity contribution is 0.361. The van der Waals surface area contributed by atoms with Crippen molar-refractivity contribution >= 4 is 21.6 Å². The molecule has 1 rings (SSSR count). The van der Waals surface area contributed by atoms with Crippen LogP contribution in [0, 0.1) is 6.92 Å². The molecular formula is C12H16BrNO. The molecule has 0 heterocycles. The van der Waals surface area contributed by atoms with Gasteiger partial charge in [-0.1, -0.05) is 21.5 Å². The lowest BCUT2D eigenvalue weighted by Gasteiger charge is -2.10. The molecule has 3 heteroatoms. The van der Waals surface area contributed by atoms with Crippen LogP contribution in [0.1, 0.15) is 19.4 Å². The Bertz CT molecular complexity index is 358. The van der Waals surface area contributed by atoms with Crippen LogP contribution in [0.5, 0.6) is 5.75 Å². The van der Waals surface area contributed by atoms with Crippen LogP contribution in [-0.4, -0.2) is 6.61 Å². The summed E-state index contributed by atoms with van der Waals surface area (Å²) < 4.78 is 6.59. The van der Waals surface area contributed by atoms with Gasteiger partial charge < -0.3 is 10.5 Å². The quantitative estimate of drug-likeness (QED) is 0.671. The van der Waals surface area contributed by atoms with Crippen LogP contribution in [0.3, 0.4) is 0 Å². The summed E-state index contributed by atoms with van der Waals surface area (Å²) in [5, 5.41) is 0. The second-order valence-electron chi connectivity index (χ2n) is 3.73. The predicted molar refractivity (Wildman–Crippen MR) is 68.2 cm³/mol. The third kappa shape index (κ3) is 3.59. The Balaban J connectivity index is 2.81. The number of halogens is 1. The molecule has 0 unspecified atom stereocenters. The number of benzene rings is 1. The average Bonchev–Trinajstić information content (AvgIpc) is 2.08. The molecule has 0 fully saturated rings. The SMILES string of the molecule is CC(C)=CCOc1c(C)cc(Br)cc1N. The number of hydrogen-bond acceptors (Lipinski definition) is 2. The summed E-state index contributed by atoms with van der Waals surface area (Å²) in [6, 6.07) is 3.85. The van der Waals surface area contributed by atoms with Crippen molar-refractivity contribution in [3.05, 3.63) is 33.8 Å². The van der Waals surface area contributed by atoms with Crippen LogP contribution in [0.15, 0.2) is 28.3 Å². The number of allylic oxidation sites excluding steroid dienone is 1. The number of hydrogen-bond donors (Lipinski definition) is 1. The van der Waals surface area contributed by atoms with Gasteiger partial charge in [-0.2, -0.15) is 0 Å². The molecule has 0 radical (unpaired) electrons. The molecular weight excluding hydrogens is 254 g/mol. The standard InChI is InChI=1S/C12H16BrNO/c1-8(2)4-5-15-12-9(3)6-10(13)7-11(12)14/h4,6-7H,5,14H2,1-3H3. The first-order valence-electron chi connectivity index (χ1n) is 4.82. The fraction of sp³-hybridized carbons (Fsp3) is 0.333. The molecule has 0 bridgehead atoms. The third-order valence-electron chi connectivity index (χ3n) is 1.99. The summed E-state index contributed by atoms with van der Waals surface area (Å²) in [7, 11) is 0. The van der Waals surface area contributed by atoms with Gasteiger partial charge in [0.2, 0.25) is 0 Å². The van der Waals surface area contributed by atoms with Crippen molar-refractivity contribution in [1.29, 1.82) is 0 Å². The van der Waals surface area contributed by atoms with Gasteiger partial charge in [0.05, 0.1) is 5.69 Å². The molecule has 0 saturated carbocycles. The number of aryl methyl sites for hydroxylation is 1. The van der Waals surface area contributed by atoms with Crippen LogP contribution in [0.2, 0.25) is 0 Å². The summed E-state index contributed by atoms with van der Waals surface area (Å²) in [5.41, 5.74) is 8.82. The van der Waals surface area contributed by atoms with Gasteiger partial charge in [-0.25, -0.2) is 0 Å². The van der Waals surface area contributed by atoms with Gasteiger partial charge in [0.15, 0.2) is 0 Å². The second-order valence-corrected chi connectivity index (χ2v) is 4.65. The maximum Gasteiger partial charge on any atom is 0.145 e. The summed E-state index contributed by atoms with van der Waals surface area (Å²) in [4.78, 5) is 0. The molecule has 0 aliphatic heterocycles. The van der Waals surface area contributed by atoms with Crippen molar-refractivity contribution in [3.8, 4) is 5.75 Å². The molecule has 1 aromatic carbocycles. The first kappa shape index (κ1) is 12.1. The molecule has 0 aliphatic rings. The number of nitrogens with two attached hydrogens (primary N) is 1. The summed E-state index contributed by atoms with van der Waals surface area (Å²) >= 11 is 3.39. The van der Waals surface area contributed by atoms with Crippen molar-refractivity contribution in [2.75, 3.05) is 12.3 Å². The molecule has 2 N–H and O–H groups in total. The van der Waals surface area contributed by atoms with Gasteiger partial charge in [-0.3, -0.25) is 0 Å². The van der Waals surface area contributed by atoms with Crippen molar-refractivity contribution in [1.82, 2.24) is 0 Å². The van der Waals surface area contributed by atoms with Gasteiger partial charge in [0.1, 0.15) is 12.4 Å². The first-order chi connectivity index (χ1) is 7.00. The lowest BCUT2D eigenvalue weighted by Crippen LogP contribution is -2.00. The minimum atomic E-state index is 0.564. The predicted octanol–water partition coefficient (Wildman–Crippen LogP) is 3.68. The Morgan fingerprint density at radius 2 is 2.13 bits per heavy atom. The molecule has 2 nitrogen and oxygen atoms in total. The van der Waals surface area contributed by atoms with E-state index in [9.17, 15) is 0 Å². The monoisotopic (exact) mass is 269 g/mol. The van der Waals surface area contributed by atoms with Crippen LogP contribution >= 0.6 is 15.9 Å². The van der Waals surface area contributed by atoms with Gasteiger partial charge in [0, 0.05) is 4.47 Å². The molecule has 0 atom stereocenters. The summed E-state index contributed by atoms with van der Waals surface area (Å²) in [6.07, 6.45) is 2.03. The zero-order valence-corrected chi connectivity index (χ0v) is 10.9. The third-order valence-corrected chi connectivity index (χ3v) is 2.45. The maximum absolute atomic E-state index is 5.86. The number of nitrogen functional groups attached to an aromatic ring is 1. The molecule has 1 aromatic rings. The molecule has 0 saturated heterocycles. The first-order valence-corrected chi connectivity index (χ1v) is 5.62. The van der Waals surface area contributed by atoms with Gasteiger partial charge in [-0.15, -0.1) is 0 Å². The van der Waals surface area contributed by atoms with E-state index in [1.807, 2.05) is 39.0 Å². The Hall–Kier alpha value is -0.960. The summed E-state index contributed by atoms with van der Waals surface area (Å²) in [5.74, 6) is 0.774. The highest BCUT2D eigenvalue weighted by molar-refractivity contribution is 9.10. The van der Waals surface area contributed by atoms with E-state index in [0.29, 0.717) is 12.3 Å². The van der Waals surface area contributed by atoms with E-state index in [4.69, 9.17) is 10.5 Å². The van der Waals surface area contributed by atoms with E-state index in [-0.39, 0.29) is 0 Å². The van der Waals surface area contributed by atoms with Gasteiger partial charge in [0.25, 0.3) is 0 Å². The lowest BCUT2D eigenvalue weighted by atomic mass is 10.2. The second kappa shape index (κ2) is 5.21. The average molecular weight is 270 g/mol. The molecule has 0 aromatic heterocycles. The fourth-order valence-corrected chi connectivity index (χ4v) is 1.83. The van der Waals surface area contributed by atoms with E-state index in [2.05, 4.69) is 15.9 Å². The number of anilines is 1. The minimum Gasteiger partial charge on any atom is -0.487 e. The van der Waals surface area contributed by atoms with Crippen LogP contribution in [0.4, 0.5) is 5.69 Å². The van der Waals surface area contributed by atoms with E-state index in [0.717, 1.165) is 15.8 Å². The zero-order valence-electron chi connectivity index (χ0n) is 9.30. The summed E-state index contributed by atoms with van der Waals surface area (Å²) in [6.45, 7) is 6.64. The van der Waals surface area contributed by atoms with E-state index >= 15 is 0 Å². The van der Waals surface area contributed by atoms with Crippen molar-refractivity contribution in [2.24, 2.45) is 0 Å². The highest BCUT2D eigenvalue weighted by atomic mass is 79.9. The number of ether oxygens (including phenoxy) is 1. The highest BCUT2D eigenvalue weighted by Crippen LogP contribution is 2.29. The topological polar surface area (TPSA) is 35.2 Å². The Kier molecular flexibility index (Phi) is 4.21. The molecule has 0 amide bonds.